The second kappa shape index (κ2) is 4.60. The van der Waals surface area contributed by atoms with E-state index in [1.54, 1.807) is 0 Å². The Hall–Kier alpha value is -2.44. The van der Waals surface area contributed by atoms with E-state index in [1.165, 1.54) is 18.7 Å². The number of hydrogen-bond acceptors (Lipinski definition) is 5. The zero-order valence-corrected chi connectivity index (χ0v) is 8.92. The van der Waals surface area contributed by atoms with E-state index in [4.69, 9.17) is 5.11 Å². The van der Waals surface area contributed by atoms with E-state index in [0.717, 1.165) is 0 Å². The Labute approximate surface area is 96.6 Å². The number of nitrogens with one attached hydrogen (secondary N) is 2. The Morgan fingerprint density at radius 2 is 2.41 bits per heavy atom. The van der Waals surface area contributed by atoms with Crippen LogP contribution >= 0.6 is 0 Å². The highest BCUT2D eigenvalue weighted by Gasteiger charge is 2.17. The number of nitrogens with zero attached hydrogens (tertiary/aromatic N) is 3. The summed E-state index contributed by atoms with van der Waals surface area (Å²) in [5.74, 6) is -0.544. The van der Waals surface area contributed by atoms with E-state index in [9.17, 15) is 4.79 Å². The van der Waals surface area contributed by atoms with Gasteiger partial charge in [-0.1, -0.05) is 6.08 Å². The number of imidazole rings is 1. The molecule has 2 aromatic rings. The van der Waals surface area contributed by atoms with Crippen LogP contribution in [-0.4, -0.2) is 37.1 Å². The summed E-state index contributed by atoms with van der Waals surface area (Å²) in [6, 6.07) is -0.770. The first-order valence-electron chi connectivity index (χ1n) is 4.96. The summed E-state index contributed by atoms with van der Waals surface area (Å²) in [6.07, 6.45) is 4.65. The molecule has 17 heavy (non-hydrogen) atoms. The van der Waals surface area contributed by atoms with Crippen LogP contribution < -0.4 is 5.32 Å². The maximum Gasteiger partial charge on any atom is 0.326 e. The number of aliphatic carboxylic acids is 1. The number of fused-ring (bicyclic) bond motifs is 1. The van der Waals surface area contributed by atoms with Crippen LogP contribution in [0.2, 0.25) is 0 Å². The first-order chi connectivity index (χ1) is 8.22. The molecule has 0 spiro atoms. The lowest BCUT2D eigenvalue weighted by Crippen LogP contribution is -2.29. The molecule has 1 unspecified atom stereocenters. The number of aromatic nitrogens is 4. The summed E-state index contributed by atoms with van der Waals surface area (Å²) in [4.78, 5) is 25.7. The molecule has 0 fully saturated rings. The number of aromatic amines is 1. The van der Waals surface area contributed by atoms with Crippen LogP contribution in [0.1, 0.15) is 6.42 Å². The fraction of sp³-hybridized carbons (Fsp3) is 0.200. The van der Waals surface area contributed by atoms with Crippen LogP contribution in [0, 0.1) is 0 Å². The van der Waals surface area contributed by atoms with Crippen LogP contribution in [0.3, 0.4) is 0 Å². The molecule has 88 valence electrons. The quantitative estimate of drug-likeness (QED) is 0.660. The first-order valence-corrected chi connectivity index (χ1v) is 4.96. The highest BCUT2D eigenvalue weighted by atomic mass is 16.4. The lowest BCUT2D eigenvalue weighted by molar-refractivity contribution is -0.137. The molecule has 2 aromatic heterocycles. The number of H-pyrrole nitrogens is 1. The maximum atomic E-state index is 11.0. The molecule has 0 bridgehead atoms. The molecule has 0 aliphatic heterocycles. The SMILES string of the molecule is C=CCC(Nc1ncnc2nc[nH]c12)C(=O)O. The van der Waals surface area contributed by atoms with E-state index in [-0.39, 0.29) is 0 Å². The summed E-state index contributed by atoms with van der Waals surface area (Å²) in [6.45, 7) is 3.52. The van der Waals surface area contributed by atoms with Crippen LogP contribution in [0.15, 0.2) is 25.3 Å². The average Bonchev–Trinajstić information content (AvgIpc) is 2.77. The lowest BCUT2D eigenvalue weighted by atomic mass is 10.2. The number of carbonyl (C=O) groups is 1. The van der Waals surface area contributed by atoms with Gasteiger partial charge in [0.25, 0.3) is 0 Å². The van der Waals surface area contributed by atoms with Crippen LogP contribution in [0.4, 0.5) is 5.82 Å². The Kier molecular flexibility index (Phi) is 2.99. The summed E-state index contributed by atoms with van der Waals surface area (Å²) < 4.78 is 0. The molecule has 0 saturated heterocycles. The van der Waals surface area contributed by atoms with Gasteiger partial charge in [0.2, 0.25) is 0 Å². The number of rotatable bonds is 5. The van der Waals surface area contributed by atoms with E-state index in [0.29, 0.717) is 23.4 Å². The zero-order chi connectivity index (χ0) is 12.3. The van der Waals surface area contributed by atoms with Crippen molar-refractivity contribution >= 4 is 23.0 Å². The smallest absolute Gasteiger partial charge is 0.326 e. The molecular weight excluding hydrogens is 222 g/mol. The van der Waals surface area contributed by atoms with Gasteiger partial charge in [-0.05, 0) is 6.42 Å². The van der Waals surface area contributed by atoms with Crippen molar-refractivity contribution in [3.05, 3.63) is 25.3 Å². The molecule has 2 heterocycles. The fourth-order valence-corrected chi connectivity index (χ4v) is 1.43. The Bertz CT molecular complexity index is 550. The molecule has 0 aliphatic rings. The van der Waals surface area contributed by atoms with E-state index in [1.807, 2.05) is 0 Å². The Morgan fingerprint density at radius 1 is 1.59 bits per heavy atom. The molecular formula is C10H11N5O2. The summed E-state index contributed by atoms with van der Waals surface area (Å²) in [5.41, 5.74) is 1.08. The van der Waals surface area contributed by atoms with Gasteiger partial charge in [-0.2, -0.15) is 0 Å². The van der Waals surface area contributed by atoms with Gasteiger partial charge in [-0.3, -0.25) is 0 Å². The van der Waals surface area contributed by atoms with Gasteiger partial charge >= 0.3 is 5.97 Å². The van der Waals surface area contributed by atoms with Crippen LogP contribution in [0.5, 0.6) is 0 Å². The van der Waals surface area contributed by atoms with Crippen molar-refractivity contribution in [2.45, 2.75) is 12.5 Å². The number of anilines is 1. The standard InChI is InChI=1S/C10H11N5O2/c1-2-3-6(10(16)17)15-9-7-8(12-4-11-7)13-5-14-9/h2,4-6H,1,3H2,(H,16,17)(H2,11,12,13,14,15). The monoisotopic (exact) mass is 233 g/mol. The number of carboxylic acids is 1. The average molecular weight is 233 g/mol. The second-order valence-electron chi connectivity index (χ2n) is 3.38. The minimum atomic E-state index is -0.962. The first kappa shape index (κ1) is 11.1. The Morgan fingerprint density at radius 3 is 3.12 bits per heavy atom. The van der Waals surface area contributed by atoms with Gasteiger partial charge in [-0.15, -0.1) is 6.58 Å². The van der Waals surface area contributed by atoms with E-state index >= 15 is 0 Å². The summed E-state index contributed by atoms with van der Waals surface area (Å²) >= 11 is 0. The highest BCUT2D eigenvalue weighted by Crippen LogP contribution is 2.16. The van der Waals surface area contributed by atoms with E-state index < -0.39 is 12.0 Å². The van der Waals surface area contributed by atoms with Crippen molar-refractivity contribution in [1.29, 1.82) is 0 Å². The molecule has 2 rings (SSSR count). The third-order valence-electron chi connectivity index (χ3n) is 2.23. The topological polar surface area (TPSA) is 104 Å². The highest BCUT2D eigenvalue weighted by molar-refractivity contribution is 5.85. The Balaban J connectivity index is 2.30. The molecule has 0 saturated carbocycles. The predicted molar refractivity (Wildman–Crippen MR) is 61.5 cm³/mol. The van der Waals surface area contributed by atoms with Gasteiger partial charge in [0.1, 0.15) is 17.9 Å². The van der Waals surface area contributed by atoms with Crippen molar-refractivity contribution in [2.75, 3.05) is 5.32 Å². The predicted octanol–water partition coefficient (Wildman–Crippen LogP) is 0.794. The fourth-order valence-electron chi connectivity index (χ4n) is 1.43. The molecule has 7 heteroatoms. The minimum absolute atomic E-state index is 0.301. The molecule has 1 atom stereocenters. The van der Waals surface area contributed by atoms with Crippen molar-refractivity contribution in [3.8, 4) is 0 Å². The largest absolute Gasteiger partial charge is 0.480 e. The third kappa shape index (κ3) is 2.22. The van der Waals surface area contributed by atoms with Crippen molar-refractivity contribution in [1.82, 2.24) is 19.9 Å². The van der Waals surface area contributed by atoms with Gasteiger partial charge in [0, 0.05) is 0 Å². The van der Waals surface area contributed by atoms with Gasteiger partial charge in [0.05, 0.1) is 6.33 Å². The van der Waals surface area contributed by atoms with Crippen molar-refractivity contribution in [3.63, 3.8) is 0 Å². The third-order valence-corrected chi connectivity index (χ3v) is 2.23. The number of hydrogen-bond donors (Lipinski definition) is 3. The van der Waals surface area contributed by atoms with Crippen LogP contribution in [-0.2, 0) is 4.79 Å². The second-order valence-corrected chi connectivity index (χ2v) is 3.38. The molecule has 0 amide bonds. The zero-order valence-electron chi connectivity index (χ0n) is 8.92. The van der Waals surface area contributed by atoms with E-state index in [2.05, 4.69) is 31.8 Å². The number of carboxylic acid groups (broad SMARTS) is 1. The molecule has 3 N–H and O–H groups in total. The van der Waals surface area contributed by atoms with Gasteiger partial charge in [-0.25, -0.2) is 19.7 Å². The molecule has 7 nitrogen and oxygen atoms in total. The van der Waals surface area contributed by atoms with Gasteiger partial charge < -0.3 is 15.4 Å². The van der Waals surface area contributed by atoms with Crippen molar-refractivity contribution in [2.24, 2.45) is 0 Å². The van der Waals surface area contributed by atoms with Gasteiger partial charge in [0.15, 0.2) is 11.5 Å². The molecule has 0 aliphatic carbocycles. The molecule has 0 aromatic carbocycles. The minimum Gasteiger partial charge on any atom is -0.480 e. The lowest BCUT2D eigenvalue weighted by Gasteiger charge is -2.12. The maximum absolute atomic E-state index is 11.0. The summed E-state index contributed by atoms with van der Waals surface area (Å²) in [7, 11) is 0. The molecule has 0 radical (unpaired) electrons. The normalized spacial score (nSPS) is 12.2. The summed E-state index contributed by atoms with van der Waals surface area (Å²) in [5, 5.41) is 11.8. The van der Waals surface area contributed by atoms with Crippen molar-refractivity contribution < 1.29 is 9.90 Å². The van der Waals surface area contributed by atoms with Crippen LogP contribution in [0.25, 0.3) is 11.2 Å².